The Morgan fingerprint density at radius 3 is 2.91 bits per heavy atom. The highest BCUT2D eigenvalue weighted by Crippen LogP contribution is 2.33. The van der Waals surface area contributed by atoms with E-state index in [1.165, 1.54) is 17.2 Å². The second-order valence-corrected chi connectivity index (χ2v) is 6.48. The molecule has 0 aliphatic carbocycles. The van der Waals surface area contributed by atoms with Crippen molar-refractivity contribution in [2.45, 2.75) is 24.6 Å². The monoisotopic (exact) mass is 319 g/mol. The molecule has 6 heteroatoms. The lowest BCUT2D eigenvalue weighted by molar-refractivity contribution is -0.0463. The summed E-state index contributed by atoms with van der Waals surface area (Å²) in [5.41, 5.74) is 9.11. The van der Waals surface area contributed by atoms with Gasteiger partial charge in [-0.1, -0.05) is 0 Å². The van der Waals surface area contributed by atoms with E-state index < -0.39 is 17.7 Å². The number of benzene rings is 1. The summed E-state index contributed by atoms with van der Waals surface area (Å²) in [5, 5.41) is 0. The molecule has 1 aromatic carbocycles. The van der Waals surface area contributed by atoms with Crippen LogP contribution in [0, 0.1) is 11.6 Å². The molecule has 0 amide bonds. The third-order valence-corrected chi connectivity index (χ3v) is 4.93. The maximum atomic E-state index is 13.9. The fraction of sp³-hybridized carbons (Fsp3) is 0.471. The minimum Gasteiger partial charge on any atom is -0.370 e. The van der Waals surface area contributed by atoms with Crippen molar-refractivity contribution >= 4 is 6.21 Å². The number of nitrogens with two attached hydrogens (primary N) is 1. The molecule has 3 aliphatic rings. The van der Waals surface area contributed by atoms with E-state index in [4.69, 9.17) is 10.5 Å². The summed E-state index contributed by atoms with van der Waals surface area (Å²) in [6, 6.07) is 3.27. The lowest BCUT2D eigenvalue weighted by Crippen LogP contribution is -2.49. The number of hydrogen-bond donors (Lipinski definition) is 1. The summed E-state index contributed by atoms with van der Waals surface area (Å²) in [6.07, 6.45) is 2.06. The highest BCUT2D eigenvalue weighted by Gasteiger charge is 2.37. The summed E-state index contributed by atoms with van der Waals surface area (Å²) in [4.78, 5) is 6.61. The van der Waals surface area contributed by atoms with Crippen LogP contribution in [-0.4, -0.2) is 49.4 Å². The van der Waals surface area contributed by atoms with E-state index in [1.807, 2.05) is 6.21 Å². The predicted octanol–water partition coefficient (Wildman–Crippen LogP) is 1.82. The third kappa shape index (κ3) is 2.71. The Bertz CT molecular complexity index is 688. The van der Waals surface area contributed by atoms with Gasteiger partial charge in [0.1, 0.15) is 17.7 Å². The topological polar surface area (TPSA) is 50.8 Å². The highest BCUT2D eigenvalue weighted by atomic mass is 19.1. The number of hydrogen-bond acceptors (Lipinski definition) is 4. The Morgan fingerprint density at radius 2 is 2.13 bits per heavy atom. The van der Waals surface area contributed by atoms with E-state index >= 15 is 0 Å². The van der Waals surface area contributed by atoms with Crippen molar-refractivity contribution in [2.75, 3.05) is 26.2 Å². The van der Waals surface area contributed by atoms with Crippen LogP contribution in [0.15, 0.2) is 34.3 Å². The van der Waals surface area contributed by atoms with Crippen LogP contribution in [-0.2, 0) is 4.74 Å². The number of rotatable bonds is 2. The molecular formula is C17H19F2N3O. The fourth-order valence-electron chi connectivity index (χ4n) is 3.69. The van der Waals surface area contributed by atoms with Gasteiger partial charge in [-0.05, 0) is 35.8 Å². The molecule has 3 aliphatic heterocycles. The molecule has 0 bridgehead atoms. The molecule has 2 N–H and O–H groups in total. The molecule has 1 unspecified atom stereocenters. The summed E-state index contributed by atoms with van der Waals surface area (Å²) in [5.74, 6) is -0.942. The average Bonchev–Trinajstić information content (AvgIpc) is 3.11. The van der Waals surface area contributed by atoms with Crippen molar-refractivity contribution in [1.82, 2.24) is 4.90 Å². The van der Waals surface area contributed by atoms with Gasteiger partial charge in [0.15, 0.2) is 0 Å². The van der Waals surface area contributed by atoms with Crippen LogP contribution in [0.25, 0.3) is 0 Å². The van der Waals surface area contributed by atoms with Crippen molar-refractivity contribution in [3.63, 3.8) is 0 Å². The van der Waals surface area contributed by atoms with Gasteiger partial charge < -0.3 is 10.5 Å². The summed E-state index contributed by atoms with van der Waals surface area (Å²) < 4.78 is 33.2. The number of nitrogens with zero attached hydrogens (tertiary/aromatic N) is 2. The molecule has 0 aromatic heterocycles. The predicted molar refractivity (Wildman–Crippen MR) is 83.4 cm³/mol. The Hall–Kier alpha value is -1.63. The van der Waals surface area contributed by atoms with E-state index in [0.717, 1.165) is 31.8 Å². The largest absolute Gasteiger partial charge is 0.370 e. The summed E-state index contributed by atoms with van der Waals surface area (Å²) in [7, 11) is 0. The van der Waals surface area contributed by atoms with Crippen molar-refractivity contribution in [3.8, 4) is 0 Å². The molecule has 0 radical (unpaired) electrons. The first-order chi connectivity index (χ1) is 11.1. The van der Waals surface area contributed by atoms with E-state index in [-0.39, 0.29) is 17.6 Å². The minimum absolute atomic E-state index is 0.205. The molecule has 122 valence electrons. The normalized spacial score (nSPS) is 31.0. The summed E-state index contributed by atoms with van der Waals surface area (Å²) >= 11 is 0. The van der Waals surface area contributed by atoms with E-state index in [0.29, 0.717) is 13.0 Å². The van der Waals surface area contributed by atoms with Gasteiger partial charge in [0.05, 0.1) is 13.2 Å². The van der Waals surface area contributed by atoms with Crippen LogP contribution in [0.1, 0.15) is 18.1 Å². The van der Waals surface area contributed by atoms with Gasteiger partial charge in [0.2, 0.25) is 0 Å². The van der Waals surface area contributed by atoms with Gasteiger partial charge in [0.25, 0.3) is 0 Å². The van der Waals surface area contributed by atoms with Gasteiger partial charge in [-0.2, -0.15) is 0 Å². The second kappa shape index (κ2) is 5.78. The van der Waals surface area contributed by atoms with Crippen LogP contribution in [0.5, 0.6) is 0 Å². The number of halogens is 2. The highest BCUT2D eigenvalue weighted by molar-refractivity contribution is 5.84. The fourth-order valence-corrected chi connectivity index (χ4v) is 3.69. The van der Waals surface area contributed by atoms with Crippen molar-refractivity contribution in [1.29, 1.82) is 0 Å². The molecule has 3 heterocycles. The van der Waals surface area contributed by atoms with E-state index in [1.54, 1.807) is 0 Å². The van der Waals surface area contributed by atoms with Crippen molar-refractivity contribution in [2.24, 2.45) is 10.7 Å². The third-order valence-electron chi connectivity index (χ3n) is 4.93. The van der Waals surface area contributed by atoms with Crippen molar-refractivity contribution in [3.05, 3.63) is 46.5 Å². The van der Waals surface area contributed by atoms with Crippen LogP contribution < -0.4 is 5.73 Å². The van der Waals surface area contributed by atoms with Gasteiger partial charge in [-0.3, -0.25) is 9.89 Å². The Balaban J connectivity index is 1.44. The van der Waals surface area contributed by atoms with Gasteiger partial charge >= 0.3 is 0 Å². The first-order valence-electron chi connectivity index (χ1n) is 7.88. The maximum absolute atomic E-state index is 13.9. The Morgan fingerprint density at radius 1 is 1.26 bits per heavy atom. The standard InChI is InChI=1S/C17H19F2N3O/c18-12-1-2-15(19)14(3-12)17-16(20)4-13(9-23-17)22-7-10-5-21-6-11(10)8-22/h1-3,5,13,16-17H,4,6-9,20H2/t13?,16-,17+/m0/s1. The summed E-state index contributed by atoms with van der Waals surface area (Å²) in [6.45, 7) is 3.04. The SMILES string of the molecule is N[C@H]1CC(N2CC3=C(CN=C3)C2)CO[C@@H]1c1cc(F)ccc1F. The smallest absolute Gasteiger partial charge is 0.129 e. The van der Waals surface area contributed by atoms with Gasteiger partial charge in [-0.15, -0.1) is 0 Å². The number of ether oxygens (including phenoxy) is 1. The molecule has 3 atom stereocenters. The lowest BCUT2D eigenvalue weighted by atomic mass is 9.93. The Labute approximate surface area is 133 Å². The molecule has 0 spiro atoms. The van der Waals surface area contributed by atoms with Gasteiger partial charge in [-0.25, -0.2) is 8.78 Å². The van der Waals surface area contributed by atoms with Gasteiger partial charge in [0, 0.05) is 37.0 Å². The first kappa shape index (κ1) is 14.9. The van der Waals surface area contributed by atoms with Crippen LogP contribution in [0.4, 0.5) is 8.78 Å². The second-order valence-electron chi connectivity index (χ2n) is 6.48. The lowest BCUT2D eigenvalue weighted by Gasteiger charge is -2.39. The molecule has 0 saturated carbocycles. The number of aliphatic imine (C=N–C) groups is 1. The molecule has 23 heavy (non-hydrogen) atoms. The molecule has 4 rings (SSSR count). The zero-order valence-corrected chi connectivity index (χ0v) is 12.7. The molecular weight excluding hydrogens is 300 g/mol. The van der Waals surface area contributed by atoms with E-state index in [9.17, 15) is 8.78 Å². The zero-order chi connectivity index (χ0) is 16.0. The maximum Gasteiger partial charge on any atom is 0.129 e. The van der Waals surface area contributed by atoms with E-state index in [2.05, 4.69) is 9.89 Å². The molecule has 4 nitrogen and oxygen atoms in total. The molecule has 1 saturated heterocycles. The minimum atomic E-state index is -0.592. The van der Waals surface area contributed by atoms with Crippen LogP contribution in [0.2, 0.25) is 0 Å². The Kier molecular flexibility index (Phi) is 3.75. The van der Waals surface area contributed by atoms with Crippen molar-refractivity contribution < 1.29 is 13.5 Å². The van der Waals surface area contributed by atoms with Crippen LogP contribution >= 0.6 is 0 Å². The average molecular weight is 319 g/mol. The first-order valence-corrected chi connectivity index (χ1v) is 7.88. The molecule has 1 aromatic rings. The molecule has 1 fully saturated rings. The van der Waals surface area contributed by atoms with Crippen LogP contribution in [0.3, 0.4) is 0 Å². The zero-order valence-electron chi connectivity index (χ0n) is 12.7. The quantitative estimate of drug-likeness (QED) is 0.905.